The lowest BCUT2D eigenvalue weighted by atomic mass is 10.3. The van der Waals surface area contributed by atoms with Crippen LogP contribution in [0.3, 0.4) is 0 Å². The average molecular weight is 357 g/mol. The van der Waals surface area contributed by atoms with Crippen molar-refractivity contribution in [1.29, 1.82) is 0 Å². The van der Waals surface area contributed by atoms with E-state index < -0.39 is 10.0 Å². The quantitative estimate of drug-likeness (QED) is 0.677. The molecule has 0 atom stereocenters. The molecular weight excluding hydrogens is 344 g/mol. The summed E-state index contributed by atoms with van der Waals surface area (Å²) in [7, 11) is -1.79. The molecule has 110 valence electrons. The van der Waals surface area contributed by atoms with E-state index in [0.29, 0.717) is 4.80 Å². The Labute approximate surface area is 134 Å². The molecule has 4 nitrogen and oxygen atoms in total. The first-order chi connectivity index (χ1) is 10.0. The number of hydrogen-bond acceptors (Lipinski definition) is 5. The van der Waals surface area contributed by atoms with Crippen LogP contribution in [0.15, 0.2) is 49.2 Å². The molecule has 2 aromatic heterocycles. The van der Waals surface area contributed by atoms with E-state index in [4.69, 9.17) is 0 Å². The van der Waals surface area contributed by atoms with Crippen LogP contribution in [0.2, 0.25) is 0 Å². The van der Waals surface area contributed by atoms with Gasteiger partial charge in [0.25, 0.3) is 10.0 Å². The molecule has 2 heterocycles. The summed E-state index contributed by atoms with van der Waals surface area (Å²) < 4.78 is 31.6. The number of thiazole rings is 1. The van der Waals surface area contributed by atoms with Gasteiger partial charge in [-0.3, -0.25) is 0 Å². The maximum atomic E-state index is 12.2. The molecule has 0 bridgehead atoms. The van der Waals surface area contributed by atoms with Gasteiger partial charge in [-0.1, -0.05) is 17.4 Å². The molecule has 21 heavy (non-hydrogen) atoms. The van der Waals surface area contributed by atoms with Gasteiger partial charge in [-0.25, -0.2) is 0 Å². The van der Waals surface area contributed by atoms with E-state index >= 15 is 0 Å². The fourth-order valence-corrected chi connectivity index (χ4v) is 5.66. The summed E-state index contributed by atoms with van der Waals surface area (Å²) in [4.78, 5) is 1.63. The topological polar surface area (TPSA) is 51.4 Å². The molecule has 0 radical (unpaired) electrons. The lowest BCUT2D eigenvalue weighted by Gasteiger charge is -1.97. The van der Waals surface area contributed by atoms with Crippen molar-refractivity contribution >= 4 is 54.7 Å². The molecule has 0 unspecified atom stereocenters. The number of aromatic nitrogens is 1. The number of rotatable bonds is 3. The zero-order chi connectivity index (χ0) is 15.0. The Kier molecular flexibility index (Phi) is 3.96. The van der Waals surface area contributed by atoms with Gasteiger partial charge in [-0.05, 0) is 35.9 Å². The number of aryl methyl sites for hydroxylation is 1. The van der Waals surface area contributed by atoms with Gasteiger partial charge >= 0.3 is 0 Å². The minimum Gasteiger partial charge on any atom is -0.319 e. The minimum atomic E-state index is -3.63. The maximum Gasteiger partial charge on any atom is 0.294 e. The highest BCUT2D eigenvalue weighted by molar-refractivity contribution is 7.98. The van der Waals surface area contributed by atoms with Crippen LogP contribution < -0.4 is 4.80 Å². The van der Waals surface area contributed by atoms with E-state index in [1.807, 2.05) is 30.0 Å². The van der Waals surface area contributed by atoms with Crippen molar-refractivity contribution in [2.45, 2.75) is 9.10 Å². The summed E-state index contributed by atoms with van der Waals surface area (Å²) in [6, 6.07) is 9.36. The van der Waals surface area contributed by atoms with Gasteiger partial charge < -0.3 is 4.57 Å². The van der Waals surface area contributed by atoms with Gasteiger partial charge in [-0.15, -0.1) is 27.5 Å². The van der Waals surface area contributed by atoms with Crippen molar-refractivity contribution in [2.24, 2.45) is 11.4 Å². The molecule has 0 fully saturated rings. The summed E-state index contributed by atoms with van der Waals surface area (Å²) in [5, 5.41) is 1.73. The second-order valence-electron chi connectivity index (χ2n) is 4.28. The summed E-state index contributed by atoms with van der Waals surface area (Å²) in [5.74, 6) is 0. The molecule has 0 amide bonds. The molecule has 0 aliphatic heterocycles. The second-order valence-corrected chi connectivity index (χ2v) is 8.94. The normalized spacial score (nSPS) is 13.1. The van der Waals surface area contributed by atoms with Gasteiger partial charge in [0.05, 0.1) is 10.2 Å². The molecule has 0 saturated heterocycles. The Morgan fingerprint density at radius 2 is 2.10 bits per heavy atom. The van der Waals surface area contributed by atoms with Gasteiger partial charge in [-0.2, -0.15) is 8.42 Å². The molecule has 0 aliphatic carbocycles. The van der Waals surface area contributed by atoms with Crippen molar-refractivity contribution in [1.82, 2.24) is 4.57 Å². The van der Waals surface area contributed by atoms with Crippen LogP contribution in [-0.4, -0.2) is 19.2 Å². The maximum absolute atomic E-state index is 12.2. The van der Waals surface area contributed by atoms with Crippen molar-refractivity contribution < 1.29 is 8.42 Å². The number of benzene rings is 1. The first-order valence-corrected chi connectivity index (χ1v) is 10.4. The monoisotopic (exact) mass is 356 g/mol. The zero-order valence-corrected chi connectivity index (χ0v) is 14.6. The van der Waals surface area contributed by atoms with Crippen LogP contribution in [-0.2, 0) is 17.1 Å². The number of thioether (sulfide) groups is 1. The molecule has 3 aromatic rings. The van der Waals surface area contributed by atoms with Crippen LogP contribution in [0.5, 0.6) is 0 Å². The van der Waals surface area contributed by atoms with Crippen LogP contribution in [0, 0.1) is 0 Å². The van der Waals surface area contributed by atoms with Gasteiger partial charge in [0.15, 0.2) is 0 Å². The first kappa shape index (κ1) is 14.8. The van der Waals surface area contributed by atoms with Crippen molar-refractivity contribution in [3.05, 3.63) is 40.5 Å². The Hall–Kier alpha value is -1.09. The number of fused-ring (bicyclic) bond motifs is 1. The van der Waals surface area contributed by atoms with Crippen LogP contribution in [0.1, 0.15) is 0 Å². The minimum absolute atomic E-state index is 0.268. The van der Waals surface area contributed by atoms with Gasteiger partial charge in [0.2, 0.25) is 4.80 Å². The second kappa shape index (κ2) is 5.60. The molecule has 0 N–H and O–H groups in total. The smallest absolute Gasteiger partial charge is 0.294 e. The Balaban J connectivity index is 2.21. The lowest BCUT2D eigenvalue weighted by Crippen LogP contribution is -2.13. The Bertz CT molecular complexity index is 950. The predicted octanol–water partition coefficient (Wildman–Crippen LogP) is 3.31. The lowest BCUT2D eigenvalue weighted by molar-refractivity contribution is 0.598. The van der Waals surface area contributed by atoms with Gasteiger partial charge in [0, 0.05) is 11.9 Å². The van der Waals surface area contributed by atoms with E-state index in [2.05, 4.69) is 10.5 Å². The molecule has 8 heteroatoms. The van der Waals surface area contributed by atoms with Crippen LogP contribution in [0.4, 0.5) is 0 Å². The van der Waals surface area contributed by atoms with E-state index in [1.54, 1.807) is 29.3 Å². The SMILES string of the molecule is CSc1ccc2c(c1)sc(=NS(=O)(=O)c1cccs1)n2C. The third kappa shape index (κ3) is 2.80. The molecule has 0 saturated carbocycles. The van der Waals surface area contributed by atoms with Crippen molar-refractivity contribution in [3.8, 4) is 0 Å². The number of thiophene rings is 1. The number of hydrogen-bond donors (Lipinski definition) is 0. The fraction of sp³-hybridized carbons (Fsp3) is 0.154. The summed E-state index contributed by atoms with van der Waals surface area (Å²) in [6.45, 7) is 0. The van der Waals surface area contributed by atoms with Crippen LogP contribution in [0.25, 0.3) is 10.2 Å². The molecule has 1 aromatic carbocycles. The zero-order valence-electron chi connectivity index (χ0n) is 11.3. The highest BCUT2D eigenvalue weighted by atomic mass is 32.2. The Morgan fingerprint density at radius 1 is 1.29 bits per heavy atom. The molecule has 0 aliphatic rings. The van der Waals surface area contributed by atoms with Crippen molar-refractivity contribution in [3.63, 3.8) is 0 Å². The van der Waals surface area contributed by atoms with E-state index in [0.717, 1.165) is 15.1 Å². The first-order valence-electron chi connectivity index (χ1n) is 5.99. The van der Waals surface area contributed by atoms with E-state index in [1.165, 1.54) is 22.7 Å². The van der Waals surface area contributed by atoms with Crippen molar-refractivity contribution in [2.75, 3.05) is 6.26 Å². The molecule has 0 spiro atoms. The average Bonchev–Trinajstić information content (AvgIpc) is 3.08. The standard InChI is InChI=1S/C13H12N2O2S4/c1-15-10-6-5-9(18-2)8-11(10)20-13(15)14-21(16,17)12-4-3-7-19-12/h3-8H,1-2H3. The summed E-state index contributed by atoms with van der Waals surface area (Å²) in [6.07, 6.45) is 2.02. The van der Waals surface area contributed by atoms with Crippen LogP contribution >= 0.6 is 34.4 Å². The number of sulfonamides is 1. The fourth-order valence-electron chi connectivity index (χ4n) is 1.89. The van der Waals surface area contributed by atoms with Gasteiger partial charge in [0.1, 0.15) is 4.21 Å². The summed E-state index contributed by atoms with van der Waals surface area (Å²) in [5.41, 5.74) is 0.984. The number of nitrogens with zero attached hydrogens (tertiary/aromatic N) is 2. The van der Waals surface area contributed by atoms with E-state index in [9.17, 15) is 8.42 Å². The molecular formula is C13H12N2O2S4. The summed E-state index contributed by atoms with van der Waals surface area (Å²) >= 11 is 4.22. The largest absolute Gasteiger partial charge is 0.319 e. The third-order valence-electron chi connectivity index (χ3n) is 2.96. The Morgan fingerprint density at radius 3 is 2.76 bits per heavy atom. The molecule has 3 rings (SSSR count). The third-order valence-corrected chi connectivity index (χ3v) is 7.54. The highest BCUT2D eigenvalue weighted by Gasteiger charge is 2.14. The highest BCUT2D eigenvalue weighted by Crippen LogP contribution is 2.24. The van der Waals surface area contributed by atoms with E-state index in [-0.39, 0.29) is 4.21 Å². The predicted molar refractivity (Wildman–Crippen MR) is 89.6 cm³/mol.